The molecule has 2 N–H and O–H groups in total. The molecule has 0 atom stereocenters. The fourth-order valence-electron chi connectivity index (χ4n) is 1.50. The maximum Gasteiger partial charge on any atom is 0.139 e. The summed E-state index contributed by atoms with van der Waals surface area (Å²) in [4.78, 5) is 7.31. The molecule has 0 bridgehead atoms. The Morgan fingerprint density at radius 1 is 1.50 bits per heavy atom. The van der Waals surface area contributed by atoms with Crippen LogP contribution in [0.3, 0.4) is 0 Å². The molecule has 0 aliphatic carbocycles. The summed E-state index contributed by atoms with van der Waals surface area (Å²) in [5.41, 5.74) is 2.14. The molecule has 0 aliphatic heterocycles. The second-order valence-electron chi connectivity index (χ2n) is 3.20. The molecule has 14 heavy (non-hydrogen) atoms. The number of aromatic amines is 1. The molecule has 0 unspecified atom stereocenters. The van der Waals surface area contributed by atoms with Gasteiger partial charge in [-0.2, -0.15) is 0 Å². The van der Waals surface area contributed by atoms with Crippen molar-refractivity contribution < 1.29 is 0 Å². The van der Waals surface area contributed by atoms with Crippen molar-refractivity contribution >= 4 is 22.6 Å². The van der Waals surface area contributed by atoms with Gasteiger partial charge in [-0.3, -0.25) is 0 Å². The molecule has 0 saturated carbocycles. The van der Waals surface area contributed by atoms with Gasteiger partial charge in [-0.25, -0.2) is 4.98 Å². The summed E-state index contributed by atoms with van der Waals surface area (Å²) in [6.45, 7) is 0.968. The SMILES string of the molecule is CNCCc1c[nH]c2nc(Cl)ccc12. The van der Waals surface area contributed by atoms with Crippen LogP contribution in [0.15, 0.2) is 18.3 Å². The smallest absolute Gasteiger partial charge is 0.139 e. The molecule has 2 rings (SSSR count). The molecule has 4 heteroatoms. The molecular weight excluding hydrogens is 198 g/mol. The van der Waals surface area contributed by atoms with Crippen LogP contribution >= 0.6 is 11.6 Å². The molecule has 0 amide bonds. The predicted molar refractivity (Wildman–Crippen MR) is 58.7 cm³/mol. The minimum absolute atomic E-state index is 0.527. The first-order valence-corrected chi connectivity index (χ1v) is 4.96. The fourth-order valence-corrected chi connectivity index (χ4v) is 1.65. The van der Waals surface area contributed by atoms with E-state index in [-0.39, 0.29) is 0 Å². The highest BCUT2D eigenvalue weighted by Gasteiger charge is 2.03. The van der Waals surface area contributed by atoms with Crippen LogP contribution in [0.4, 0.5) is 0 Å². The number of nitrogens with one attached hydrogen (secondary N) is 2. The average Bonchev–Trinajstić information content (AvgIpc) is 2.57. The highest BCUT2D eigenvalue weighted by Crippen LogP contribution is 2.18. The first-order chi connectivity index (χ1) is 6.81. The quantitative estimate of drug-likeness (QED) is 0.759. The van der Waals surface area contributed by atoms with Crippen LogP contribution in [0.1, 0.15) is 5.56 Å². The molecule has 0 saturated heterocycles. The molecule has 0 spiro atoms. The lowest BCUT2D eigenvalue weighted by Gasteiger charge is -1.97. The molecule has 0 radical (unpaired) electrons. The van der Waals surface area contributed by atoms with Gasteiger partial charge in [-0.05, 0) is 37.7 Å². The van der Waals surface area contributed by atoms with Crippen LogP contribution < -0.4 is 5.32 Å². The van der Waals surface area contributed by atoms with E-state index in [2.05, 4.69) is 15.3 Å². The monoisotopic (exact) mass is 209 g/mol. The third kappa shape index (κ3) is 1.74. The van der Waals surface area contributed by atoms with Gasteiger partial charge >= 0.3 is 0 Å². The van der Waals surface area contributed by atoms with Crippen molar-refractivity contribution in [3.05, 3.63) is 29.0 Å². The first-order valence-electron chi connectivity index (χ1n) is 4.58. The van der Waals surface area contributed by atoms with Crippen LogP contribution in [0.25, 0.3) is 11.0 Å². The summed E-state index contributed by atoms with van der Waals surface area (Å²) in [5.74, 6) is 0. The van der Waals surface area contributed by atoms with Gasteiger partial charge in [0.1, 0.15) is 10.8 Å². The van der Waals surface area contributed by atoms with E-state index in [1.54, 1.807) is 0 Å². The van der Waals surface area contributed by atoms with Gasteiger partial charge < -0.3 is 10.3 Å². The van der Waals surface area contributed by atoms with E-state index < -0.39 is 0 Å². The second-order valence-corrected chi connectivity index (χ2v) is 3.58. The zero-order chi connectivity index (χ0) is 9.97. The highest BCUT2D eigenvalue weighted by molar-refractivity contribution is 6.29. The van der Waals surface area contributed by atoms with E-state index in [1.807, 2.05) is 25.4 Å². The van der Waals surface area contributed by atoms with Crippen molar-refractivity contribution in [3.63, 3.8) is 0 Å². The lowest BCUT2D eigenvalue weighted by molar-refractivity contribution is 0.795. The van der Waals surface area contributed by atoms with Crippen molar-refractivity contribution in [1.82, 2.24) is 15.3 Å². The van der Waals surface area contributed by atoms with Gasteiger partial charge in [-0.15, -0.1) is 0 Å². The minimum Gasteiger partial charge on any atom is -0.346 e. The maximum atomic E-state index is 5.79. The van der Waals surface area contributed by atoms with Crippen molar-refractivity contribution in [2.45, 2.75) is 6.42 Å². The van der Waals surface area contributed by atoms with E-state index in [9.17, 15) is 0 Å². The predicted octanol–water partition coefficient (Wildman–Crippen LogP) is 1.98. The van der Waals surface area contributed by atoms with E-state index in [0.29, 0.717) is 5.15 Å². The molecule has 3 nitrogen and oxygen atoms in total. The third-order valence-corrected chi connectivity index (χ3v) is 2.45. The second kappa shape index (κ2) is 3.98. The van der Waals surface area contributed by atoms with Gasteiger partial charge in [0, 0.05) is 11.6 Å². The number of fused-ring (bicyclic) bond motifs is 1. The maximum absolute atomic E-state index is 5.79. The summed E-state index contributed by atoms with van der Waals surface area (Å²) in [6.07, 6.45) is 2.99. The summed E-state index contributed by atoms with van der Waals surface area (Å²) in [5, 5.41) is 4.81. The number of pyridine rings is 1. The van der Waals surface area contributed by atoms with E-state index in [1.165, 1.54) is 5.56 Å². The van der Waals surface area contributed by atoms with Crippen molar-refractivity contribution in [2.24, 2.45) is 0 Å². The summed E-state index contributed by atoms with van der Waals surface area (Å²) in [6, 6.07) is 3.83. The topological polar surface area (TPSA) is 40.7 Å². The zero-order valence-electron chi connectivity index (χ0n) is 7.97. The van der Waals surface area contributed by atoms with Gasteiger partial charge in [0.15, 0.2) is 0 Å². The summed E-state index contributed by atoms with van der Waals surface area (Å²) < 4.78 is 0. The molecule has 2 aromatic heterocycles. The molecule has 0 fully saturated rings. The molecular formula is C10H12ClN3. The third-order valence-electron chi connectivity index (χ3n) is 2.23. The zero-order valence-corrected chi connectivity index (χ0v) is 8.73. The number of rotatable bonds is 3. The Hall–Kier alpha value is -1.06. The van der Waals surface area contributed by atoms with Gasteiger partial charge in [-0.1, -0.05) is 11.6 Å². The van der Waals surface area contributed by atoms with E-state index in [0.717, 1.165) is 24.0 Å². The number of halogens is 1. The molecule has 0 aliphatic rings. The standard InChI is InChI=1S/C10H12ClN3/c1-12-5-4-7-6-13-10-8(7)2-3-9(11)14-10/h2-3,6,12H,4-5H2,1H3,(H,13,14). The lowest BCUT2D eigenvalue weighted by atomic mass is 10.1. The molecule has 74 valence electrons. The van der Waals surface area contributed by atoms with Gasteiger partial charge in [0.25, 0.3) is 0 Å². The normalized spacial score (nSPS) is 11.0. The summed E-state index contributed by atoms with van der Waals surface area (Å²) >= 11 is 5.79. The van der Waals surface area contributed by atoms with Crippen LogP contribution in [-0.2, 0) is 6.42 Å². The Morgan fingerprint density at radius 2 is 2.36 bits per heavy atom. The van der Waals surface area contributed by atoms with Crippen LogP contribution in [0.2, 0.25) is 5.15 Å². The number of likely N-dealkylation sites (N-methyl/N-ethyl adjacent to an activating group) is 1. The van der Waals surface area contributed by atoms with Gasteiger partial charge in [0.05, 0.1) is 0 Å². The average molecular weight is 210 g/mol. The number of aromatic nitrogens is 2. The van der Waals surface area contributed by atoms with E-state index in [4.69, 9.17) is 11.6 Å². The Morgan fingerprint density at radius 3 is 3.14 bits per heavy atom. The molecule has 0 aromatic carbocycles. The van der Waals surface area contributed by atoms with Gasteiger partial charge in [0.2, 0.25) is 0 Å². The van der Waals surface area contributed by atoms with Crippen LogP contribution in [0.5, 0.6) is 0 Å². The largest absolute Gasteiger partial charge is 0.346 e. The van der Waals surface area contributed by atoms with Crippen molar-refractivity contribution in [3.8, 4) is 0 Å². The Labute approximate surface area is 87.5 Å². The van der Waals surface area contributed by atoms with Crippen molar-refractivity contribution in [2.75, 3.05) is 13.6 Å². The van der Waals surface area contributed by atoms with Crippen LogP contribution in [0, 0.1) is 0 Å². The molecule has 2 heterocycles. The minimum atomic E-state index is 0.527. The Kier molecular flexibility index (Phi) is 2.70. The number of nitrogens with zero attached hydrogens (tertiary/aromatic N) is 1. The number of hydrogen-bond acceptors (Lipinski definition) is 2. The molecule has 2 aromatic rings. The summed E-state index contributed by atoms with van der Waals surface area (Å²) in [7, 11) is 1.95. The number of hydrogen-bond donors (Lipinski definition) is 2. The van der Waals surface area contributed by atoms with E-state index >= 15 is 0 Å². The fraction of sp³-hybridized carbons (Fsp3) is 0.300. The Bertz CT molecular complexity index is 436. The first kappa shape index (κ1) is 9.49. The van der Waals surface area contributed by atoms with Crippen LogP contribution in [-0.4, -0.2) is 23.6 Å². The Balaban J connectivity index is 2.37. The highest BCUT2D eigenvalue weighted by atomic mass is 35.5. The van der Waals surface area contributed by atoms with Crippen molar-refractivity contribution in [1.29, 1.82) is 0 Å². The number of H-pyrrole nitrogens is 1. The lowest BCUT2D eigenvalue weighted by Crippen LogP contribution is -2.09.